The van der Waals surface area contributed by atoms with E-state index in [0.29, 0.717) is 0 Å². The highest BCUT2D eigenvalue weighted by Gasteiger charge is 2.14. The van der Waals surface area contributed by atoms with Crippen molar-refractivity contribution in [2.24, 2.45) is 0 Å². The van der Waals surface area contributed by atoms with Gasteiger partial charge in [-0.15, -0.1) is 11.8 Å². The summed E-state index contributed by atoms with van der Waals surface area (Å²) in [7, 11) is 1.67. The molecule has 0 atom stereocenters. The highest BCUT2D eigenvalue weighted by Crippen LogP contribution is 2.20. The second kappa shape index (κ2) is 5.14. The summed E-state index contributed by atoms with van der Waals surface area (Å²) < 4.78 is 0. The molecule has 1 amide bonds. The zero-order valence-corrected chi connectivity index (χ0v) is 10.9. The summed E-state index contributed by atoms with van der Waals surface area (Å²) in [6.07, 6.45) is 3.37. The van der Waals surface area contributed by atoms with Crippen LogP contribution >= 0.6 is 11.8 Å². The molecule has 1 aromatic heterocycles. The highest BCUT2D eigenvalue weighted by atomic mass is 32.2. The molecule has 0 saturated carbocycles. The van der Waals surface area contributed by atoms with Crippen molar-refractivity contribution in [2.75, 3.05) is 18.2 Å². The first-order valence-electron chi connectivity index (χ1n) is 5.31. The number of imidazole rings is 1. The number of hydrogen-bond donors (Lipinski definition) is 2. The summed E-state index contributed by atoms with van der Waals surface area (Å²) in [5.41, 5.74) is 0.640. The second-order valence-corrected chi connectivity index (χ2v) is 4.60. The van der Waals surface area contributed by atoms with Crippen molar-refractivity contribution in [3.8, 4) is 0 Å². The molecule has 1 heterocycles. The Balaban J connectivity index is 2.22. The summed E-state index contributed by atoms with van der Waals surface area (Å²) >= 11 is 1.64. The predicted molar refractivity (Wildman–Crippen MR) is 72.4 cm³/mol. The molecular weight excluding hydrogens is 250 g/mol. The summed E-state index contributed by atoms with van der Waals surface area (Å²) in [5.74, 6) is -0.259. The van der Waals surface area contributed by atoms with Crippen LogP contribution in [-0.2, 0) is 0 Å². The lowest BCUT2D eigenvalue weighted by Crippen LogP contribution is -2.26. The van der Waals surface area contributed by atoms with Crippen molar-refractivity contribution in [3.05, 3.63) is 46.6 Å². The standard InChI is InChI=1S/C12H13N3O2S/c1-15(8-3-5-9(18-2)6-4-8)11(16)10-7-13-12(17)14-10/h3-7H,1-2H3,(H2,13,14,17). The minimum absolute atomic E-state index is 0.247. The number of carbonyl (C=O) groups is 1. The van der Waals surface area contributed by atoms with Gasteiger partial charge in [0.1, 0.15) is 5.69 Å². The fraction of sp³-hybridized carbons (Fsp3) is 0.167. The first kappa shape index (κ1) is 12.5. The van der Waals surface area contributed by atoms with Crippen LogP contribution in [0, 0.1) is 0 Å². The Morgan fingerprint density at radius 3 is 2.44 bits per heavy atom. The van der Waals surface area contributed by atoms with Crippen LogP contribution < -0.4 is 10.6 Å². The average molecular weight is 263 g/mol. The minimum Gasteiger partial charge on any atom is -0.312 e. The molecule has 0 radical (unpaired) electrons. The van der Waals surface area contributed by atoms with Gasteiger partial charge in [0.15, 0.2) is 0 Å². The predicted octanol–water partition coefficient (Wildman–Crippen LogP) is 1.70. The molecule has 0 saturated heterocycles. The summed E-state index contributed by atoms with van der Waals surface area (Å²) in [6.45, 7) is 0. The topological polar surface area (TPSA) is 69.0 Å². The number of nitrogens with zero attached hydrogens (tertiary/aromatic N) is 1. The monoisotopic (exact) mass is 263 g/mol. The Morgan fingerprint density at radius 1 is 1.28 bits per heavy atom. The molecular formula is C12H13N3O2S. The van der Waals surface area contributed by atoms with Crippen molar-refractivity contribution in [2.45, 2.75) is 4.90 Å². The van der Waals surface area contributed by atoms with Crippen molar-refractivity contribution in [1.29, 1.82) is 0 Å². The molecule has 94 valence electrons. The van der Waals surface area contributed by atoms with Gasteiger partial charge in [0.25, 0.3) is 5.91 Å². The Hall–Kier alpha value is -1.95. The summed E-state index contributed by atoms with van der Waals surface area (Å²) in [5, 5.41) is 0. The van der Waals surface area contributed by atoms with Crippen molar-refractivity contribution >= 4 is 23.4 Å². The van der Waals surface area contributed by atoms with E-state index in [1.54, 1.807) is 18.8 Å². The SMILES string of the molecule is CSc1ccc(N(C)C(=O)c2c[nH]c(=O)[nH]2)cc1. The molecule has 0 aliphatic rings. The lowest BCUT2D eigenvalue weighted by molar-refractivity contribution is 0.0988. The van der Waals surface area contributed by atoms with E-state index in [1.165, 1.54) is 11.1 Å². The van der Waals surface area contributed by atoms with Crippen LogP contribution in [0.15, 0.2) is 40.2 Å². The zero-order valence-electron chi connectivity index (χ0n) is 10.1. The number of thioether (sulfide) groups is 1. The summed E-state index contributed by atoms with van der Waals surface area (Å²) in [4.78, 5) is 30.5. The number of carbonyl (C=O) groups excluding carboxylic acids is 1. The van der Waals surface area contributed by atoms with Crippen LogP contribution in [0.5, 0.6) is 0 Å². The zero-order chi connectivity index (χ0) is 13.1. The molecule has 0 spiro atoms. The third-order valence-corrected chi connectivity index (χ3v) is 3.33. The number of H-pyrrole nitrogens is 2. The lowest BCUT2D eigenvalue weighted by atomic mass is 10.3. The van der Waals surface area contributed by atoms with Crippen LogP contribution in [0.4, 0.5) is 5.69 Å². The fourth-order valence-corrected chi connectivity index (χ4v) is 1.96. The highest BCUT2D eigenvalue weighted by molar-refractivity contribution is 7.98. The number of aromatic amines is 2. The van der Waals surface area contributed by atoms with Gasteiger partial charge in [-0.1, -0.05) is 0 Å². The van der Waals surface area contributed by atoms with Gasteiger partial charge in [-0.25, -0.2) is 4.79 Å². The van der Waals surface area contributed by atoms with Gasteiger partial charge in [0.05, 0.1) is 0 Å². The van der Waals surface area contributed by atoms with Gasteiger partial charge in [-0.3, -0.25) is 4.79 Å². The van der Waals surface area contributed by atoms with E-state index in [2.05, 4.69) is 9.97 Å². The number of benzene rings is 1. The Labute approximate surface area is 108 Å². The van der Waals surface area contributed by atoms with Crippen LogP contribution in [0.1, 0.15) is 10.5 Å². The molecule has 5 nitrogen and oxygen atoms in total. The third kappa shape index (κ3) is 2.48. The molecule has 0 fully saturated rings. The van der Waals surface area contributed by atoms with Gasteiger partial charge < -0.3 is 14.9 Å². The van der Waals surface area contributed by atoms with E-state index in [-0.39, 0.29) is 17.3 Å². The van der Waals surface area contributed by atoms with Crippen LogP contribution in [-0.4, -0.2) is 29.2 Å². The van der Waals surface area contributed by atoms with Crippen molar-refractivity contribution in [3.63, 3.8) is 0 Å². The van der Waals surface area contributed by atoms with Gasteiger partial charge in [0, 0.05) is 23.8 Å². The second-order valence-electron chi connectivity index (χ2n) is 3.72. The molecule has 1 aromatic carbocycles. The van der Waals surface area contributed by atoms with Crippen LogP contribution in [0.3, 0.4) is 0 Å². The molecule has 2 aromatic rings. The Bertz CT molecular complexity index is 600. The third-order valence-electron chi connectivity index (χ3n) is 2.59. The molecule has 18 heavy (non-hydrogen) atoms. The average Bonchev–Trinajstić information content (AvgIpc) is 2.84. The number of aromatic nitrogens is 2. The maximum atomic E-state index is 12.0. The molecule has 0 aliphatic heterocycles. The first-order chi connectivity index (χ1) is 8.61. The number of nitrogens with one attached hydrogen (secondary N) is 2. The maximum absolute atomic E-state index is 12.0. The number of anilines is 1. The van der Waals surface area contributed by atoms with Crippen LogP contribution in [0.2, 0.25) is 0 Å². The van der Waals surface area contributed by atoms with E-state index in [4.69, 9.17) is 0 Å². The van der Waals surface area contributed by atoms with Crippen molar-refractivity contribution < 1.29 is 4.79 Å². The van der Waals surface area contributed by atoms with Gasteiger partial charge in [-0.05, 0) is 30.5 Å². The molecule has 2 N–H and O–H groups in total. The maximum Gasteiger partial charge on any atom is 0.323 e. The molecule has 0 unspecified atom stereocenters. The van der Waals surface area contributed by atoms with E-state index < -0.39 is 0 Å². The van der Waals surface area contributed by atoms with E-state index in [1.807, 2.05) is 30.5 Å². The molecule has 2 rings (SSSR count). The molecule has 0 aliphatic carbocycles. The van der Waals surface area contributed by atoms with Crippen molar-refractivity contribution in [1.82, 2.24) is 9.97 Å². The number of hydrogen-bond acceptors (Lipinski definition) is 3. The molecule has 0 bridgehead atoms. The first-order valence-corrected chi connectivity index (χ1v) is 6.54. The normalized spacial score (nSPS) is 10.3. The van der Waals surface area contributed by atoms with E-state index in [0.717, 1.165) is 10.6 Å². The van der Waals surface area contributed by atoms with Gasteiger partial charge >= 0.3 is 5.69 Å². The smallest absolute Gasteiger partial charge is 0.312 e. The lowest BCUT2D eigenvalue weighted by Gasteiger charge is -2.16. The fourth-order valence-electron chi connectivity index (χ4n) is 1.55. The number of amides is 1. The largest absolute Gasteiger partial charge is 0.323 e. The van der Waals surface area contributed by atoms with E-state index >= 15 is 0 Å². The van der Waals surface area contributed by atoms with E-state index in [9.17, 15) is 9.59 Å². The minimum atomic E-state index is -0.385. The van der Waals surface area contributed by atoms with Gasteiger partial charge in [-0.2, -0.15) is 0 Å². The quantitative estimate of drug-likeness (QED) is 0.828. The molecule has 6 heteroatoms. The van der Waals surface area contributed by atoms with Crippen LogP contribution in [0.25, 0.3) is 0 Å². The Morgan fingerprint density at radius 2 is 1.94 bits per heavy atom. The number of rotatable bonds is 3. The van der Waals surface area contributed by atoms with Gasteiger partial charge in [0.2, 0.25) is 0 Å². The summed E-state index contributed by atoms with van der Waals surface area (Å²) in [6, 6.07) is 7.64. The Kier molecular flexibility index (Phi) is 3.57.